The van der Waals surface area contributed by atoms with Crippen LogP contribution in [0.2, 0.25) is 0 Å². The Labute approximate surface area is 633 Å². The third kappa shape index (κ3) is 17.2. The SMILES string of the molecule is CC12CC=CCC1C(=O)OC2=O.CC12CCCCC1C(=O)OC2=O.O=C(O)c1ccc2c(c1)C(=O)OC2=O.O=C1C=CC(=O)O1.O=C1CCC(=O)O1.O=C1OC(=O)C2CC=CCC12.O=C1OC(=O)C2CCCCC12.O=C1OC(=O)[C@H]2C3C=CC(C3)[C@@H]12.O=C1OC(=O)c2ccccc21.O=c1oc(=O)c2cc3c(=O)oc(=O)c3cc12. The van der Waals surface area contributed by atoms with Crippen molar-refractivity contribution >= 4 is 135 Å². The normalized spacial score (nSPS) is 27.8. The number of benzene rings is 3. The fraction of sp³-hybridized carbons (Fsp3) is 0.372. The molecule has 1 N–H and O–H groups in total. The molecule has 9 fully saturated rings. The van der Waals surface area contributed by atoms with Crippen molar-refractivity contribution in [2.24, 2.45) is 70.0 Å². The molecule has 113 heavy (non-hydrogen) atoms. The summed E-state index contributed by atoms with van der Waals surface area (Å²) in [5.74, 6) is -9.65. The minimum Gasteiger partial charge on any atom is -0.478 e. The average Bonchev–Trinajstić information content (AvgIpc) is 1.57. The van der Waals surface area contributed by atoms with Crippen LogP contribution in [0.4, 0.5) is 0 Å². The molecule has 35 nitrogen and oxygen atoms in total. The van der Waals surface area contributed by atoms with Crippen LogP contribution in [-0.2, 0) is 110 Å². The fourth-order valence-electron chi connectivity index (χ4n) is 14.9. The molecule has 20 rings (SSSR count). The van der Waals surface area contributed by atoms with E-state index < -0.39 is 87.1 Å². The van der Waals surface area contributed by atoms with Gasteiger partial charge in [0, 0.05) is 12.2 Å². The standard InChI is InChI=1S/C10H2O6.C9H4O5.C9H8O3.C9H12O3.C9H10O3.C8H10O3.C8H8O3.C8H4O3.C4H4O3.C4H2O3/c11-7-3-1-4-6(10(14)16-8(4)12)2-5(3)9(13)15-7;10-7(11)4-1-2-5-6(3-4)9(13)14-8(5)12;10-8-6-4-1-2-5(3-4)7(6)9(11)12-8;2*1-9-5-3-2-4-6(9)7(10)12-8(9)11;3*9-7-5-3-1-2-4-6(5)8(10)11-7;2*5-3-1-2-4(6)7-3/h1-2H;1-3H,(H,10,11);1-2,4-7H,3H2;6H,2-5H2,1H3;2-3,6H,4-5H2,1H3;5-6H,1-4H2;1-2,5-6H,3-4H2;1-4H;1-2H2;1-2H/t;;4?,5?,6-,7+;;;;;;;. The Morgan fingerprint density at radius 2 is 0.805 bits per heavy atom. The van der Waals surface area contributed by atoms with Gasteiger partial charge >= 0.3 is 136 Å². The summed E-state index contributed by atoms with van der Waals surface area (Å²) in [6.07, 6.45) is 25.6. The van der Waals surface area contributed by atoms with Gasteiger partial charge in [-0.2, -0.15) is 0 Å². The molecule has 3 saturated carbocycles. The number of hydrogen-bond donors (Lipinski definition) is 1. The van der Waals surface area contributed by atoms with Crippen molar-refractivity contribution in [3.05, 3.63) is 173 Å². The Bertz CT molecular complexity index is 5020. The van der Waals surface area contributed by atoms with Crippen molar-refractivity contribution in [1.82, 2.24) is 0 Å². The predicted octanol–water partition coefficient (Wildman–Crippen LogP) is 5.01. The number of esters is 18. The third-order valence-electron chi connectivity index (χ3n) is 21.1. The van der Waals surface area contributed by atoms with Gasteiger partial charge in [-0.3, -0.25) is 57.5 Å². The van der Waals surface area contributed by atoms with Crippen LogP contribution >= 0.6 is 0 Å². The predicted molar refractivity (Wildman–Crippen MR) is 367 cm³/mol. The van der Waals surface area contributed by atoms with Gasteiger partial charge in [0.05, 0.1) is 120 Å². The van der Waals surface area contributed by atoms with Crippen molar-refractivity contribution in [3.8, 4) is 0 Å². The number of allylic oxidation sites excluding steroid dienone is 6. The van der Waals surface area contributed by atoms with E-state index in [1.54, 1.807) is 31.2 Å². The van der Waals surface area contributed by atoms with Crippen molar-refractivity contribution < 1.29 is 148 Å². The number of cyclic esters (lactones) is 18. The van der Waals surface area contributed by atoms with E-state index in [-0.39, 0.29) is 170 Å². The number of carboxylic acid groups (broad SMARTS) is 1. The number of fused-ring (bicyclic) bond motifs is 13. The van der Waals surface area contributed by atoms with Gasteiger partial charge in [-0.05, 0) is 126 Å². The second-order valence-electron chi connectivity index (χ2n) is 28.1. The highest BCUT2D eigenvalue weighted by molar-refractivity contribution is 6.16. The van der Waals surface area contributed by atoms with Crippen molar-refractivity contribution in [2.75, 3.05) is 0 Å². The summed E-state index contributed by atoms with van der Waals surface area (Å²) >= 11 is 0. The summed E-state index contributed by atoms with van der Waals surface area (Å²) in [4.78, 5) is 250. The zero-order chi connectivity index (χ0) is 81.7. The molecule has 586 valence electrons. The first kappa shape index (κ1) is 80.6. The van der Waals surface area contributed by atoms with E-state index in [0.717, 1.165) is 88.1 Å². The Balaban J connectivity index is 0.000000125. The van der Waals surface area contributed by atoms with Crippen LogP contribution in [0.5, 0.6) is 0 Å². The fourth-order valence-corrected chi connectivity index (χ4v) is 14.9. The number of hydrogen-bond acceptors (Lipinski definition) is 34. The monoisotopic (exact) mass is 1560 g/mol. The lowest BCUT2D eigenvalue weighted by Crippen LogP contribution is -2.33. The van der Waals surface area contributed by atoms with E-state index in [9.17, 15) is 110 Å². The number of rotatable bonds is 1. The maximum Gasteiger partial charge on any atom is 0.346 e. The maximum absolute atomic E-state index is 11.3. The molecule has 2 bridgehead atoms. The second-order valence-corrected chi connectivity index (χ2v) is 28.1. The molecule has 9 aliphatic heterocycles. The molecule has 35 heteroatoms. The lowest BCUT2D eigenvalue weighted by molar-refractivity contribution is -0.156. The molecule has 12 atom stereocenters. The van der Waals surface area contributed by atoms with Crippen LogP contribution in [0.25, 0.3) is 21.5 Å². The van der Waals surface area contributed by atoms with Gasteiger partial charge in [0.15, 0.2) is 0 Å². The van der Waals surface area contributed by atoms with E-state index in [2.05, 4.69) is 51.5 Å². The number of aromatic carboxylic acids is 1. The van der Waals surface area contributed by atoms with E-state index in [0.29, 0.717) is 36.8 Å². The number of carbonyl (C=O) groups excluding carboxylic acids is 18. The van der Waals surface area contributed by atoms with E-state index in [1.165, 1.54) is 12.1 Å². The highest BCUT2D eigenvalue weighted by atomic mass is 16.6. The molecule has 2 aromatic heterocycles. The molecule has 3 aromatic carbocycles. The molecular formula is C78H64O35. The van der Waals surface area contributed by atoms with Crippen LogP contribution in [0.1, 0.15) is 162 Å². The van der Waals surface area contributed by atoms with E-state index >= 15 is 0 Å². The molecule has 0 amide bonds. The summed E-state index contributed by atoms with van der Waals surface area (Å²) in [5, 5.41) is 8.56. The van der Waals surface area contributed by atoms with E-state index in [4.69, 9.17) is 5.11 Å². The summed E-state index contributed by atoms with van der Waals surface area (Å²) in [5.41, 5.74) is -3.57. The van der Waals surface area contributed by atoms with Gasteiger partial charge in [0.2, 0.25) is 0 Å². The molecule has 5 aromatic rings. The van der Waals surface area contributed by atoms with E-state index in [1.807, 2.05) is 43.4 Å². The zero-order valence-corrected chi connectivity index (χ0v) is 59.5. The van der Waals surface area contributed by atoms with Crippen molar-refractivity contribution in [1.29, 1.82) is 0 Å². The third-order valence-corrected chi connectivity index (χ3v) is 21.1. The smallest absolute Gasteiger partial charge is 0.346 e. The summed E-state index contributed by atoms with van der Waals surface area (Å²) in [6, 6.07) is 12.5. The molecule has 10 unspecified atom stereocenters. The van der Waals surface area contributed by atoms with Gasteiger partial charge < -0.3 is 56.6 Å². The van der Waals surface area contributed by atoms with Crippen molar-refractivity contribution in [3.63, 3.8) is 0 Å². The Morgan fingerprint density at radius 1 is 0.389 bits per heavy atom. The zero-order valence-electron chi connectivity index (χ0n) is 59.5. The van der Waals surface area contributed by atoms with Crippen LogP contribution in [0.15, 0.2) is 131 Å². The van der Waals surface area contributed by atoms with Gasteiger partial charge in [-0.15, -0.1) is 0 Å². The largest absolute Gasteiger partial charge is 0.478 e. The molecule has 6 saturated heterocycles. The molecule has 6 aliphatic carbocycles. The molecule has 0 spiro atoms. The summed E-state index contributed by atoms with van der Waals surface area (Å²) in [7, 11) is 0. The molecule has 11 heterocycles. The quantitative estimate of drug-likeness (QED) is 0.0997. The Morgan fingerprint density at radius 3 is 1.23 bits per heavy atom. The van der Waals surface area contributed by atoms with Crippen LogP contribution in [-0.4, -0.2) is 119 Å². The lowest BCUT2D eigenvalue weighted by atomic mass is 9.69. The number of furan rings is 2. The van der Waals surface area contributed by atoms with Crippen LogP contribution in [0.3, 0.4) is 0 Å². The van der Waals surface area contributed by atoms with Gasteiger partial charge in [0.25, 0.3) is 0 Å². The topological polar surface area (TPSA) is 522 Å². The molecule has 0 radical (unpaired) electrons. The summed E-state index contributed by atoms with van der Waals surface area (Å²) in [6.45, 7) is 3.65. The second kappa shape index (κ2) is 33.5. The lowest BCUT2D eigenvalue weighted by Gasteiger charge is -2.29. The first-order valence-electron chi connectivity index (χ1n) is 35.3. The first-order valence-corrected chi connectivity index (χ1v) is 35.3. The number of carbonyl (C=O) groups is 19. The van der Waals surface area contributed by atoms with Gasteiger partial charge in [-0.1, -0.05) is 74.3 Å². The molecule has 15 aliphatic rings. The van der Waals surface area contributed by atoms with Crippen LogP contribution < -0.4 is 22.5 Å². The Kier molecular flexibility index (Phi) is 23.9. The van der Waals surface area contributed by atoms with Gasteiger partial charge in [0.1, 0.15) is 0 Å². The van der Waals surface area contributed by atoms with Gasteiger partial charge in [-0.25, -0.2) is 52.7 Å². The molecular weight excluding hydrogens is 1500 g/mol. The minimum absolute atomic E-state index is 0.00917. The number of ether oxygens (including phenoxy) is 9. The number of carboxylic acids is 1. The van der Waals surface area contributed by atoms with Crippen LogP contribution in [0, 0.1) is 70.0 Å². The Hall–Kier alpha value is -13.4. The first-order chi connectivity index (χ1) is 53.7. The highest BCUT2D eigenvalue weighted by Crippen LogP contribution is 2.52. The minimum atomic E-state index is -1.15. The van der Waals surface area contributed by atoms with Crippen molar-refractivity contribution in [2.45, 2.75) is 110 Å². The highest BCUT2D eigenvalue weighted by Gasteiger charge is 2.59. The maximum atomic E-state index is 11.3. The summed E-state index contributed by atoms with van der Waals surface area (Å²) < 4.78 is 48.2. The average molecular weight is 1560 g/mol.